The first-order valence-electron chi connectivity index (χ1n) is 13.9. The third kappa shape index (κ3) is 6.75. The van der Waals surface area contributed by atoms with Crippen molar-refractivity contribution in [2.45, 2.75) is 134 Å². The number of ether oxygens (including phenoxy) is 2. The van der Waals surface area contributed by atoms with E-state index >= 15 is 0 Å². The van der Waals surface area contributed by atoms with Crippen molar-refractivity contribution < 1.29 is 49.4 Å². The minimum Gasteiger partial charge on any atom is -0.457 e. The van der Waals surface area contributed by atoms with Gasteiger partial charge < -0.3 is 35.0 Å². The summed E-state index contributed by atoms with van der Waals surface area (Å²) in [6.45, 7) is 11.4. The molecule has 2 aliphatic carbocycles. The van der Waals surface area contributed by atoms with Gasteiger partial charge in [-0.15, -0.1) is 0 Å². The first-order valence-corrected chi connectivity index (χ1v) is 13.9. The predicted octanol–water partition coefficient (Wildman–Crippen LogP) is 1.66. The van der Waals surface area contributed by atoms with E-state index in [0.717, 1.165) is 38.5 Å². The molecule has 0 radical (unpaired) electrons. The van der Waals surface area contributed by atoms with Crippen molar-refractivity contribution in [1.82, 2.24) is 0 Å². The molecular formula is C28H48O10. The van der Waals surface area contributed by atoms with E-state index in [1.807, 2.05) is 27.7 Å². The smallest absolute Gasteiger partial charge is 0.349 e. The zero-order valence-corrected chi connectivity index (χ0v) is 23.6. The lowest BCUT2D eigenvalue weighted by molar-refractivity contribution is -0.214. The molecule has 0 aromatic heterocycles. The van der Waals surface area contributed by atoms with E-state index < -0.39 is 53.2 Å². The van der Waals surface area contributed by atoms with E-state index in [4.69, 9.17) is 9.47 Å². The summed E-state index contributed by atoms with van der Waals surface area (Å²) in [4.78, 5) is 37.6. The highest BCUT2D eigenvalue weighted by Crippen LogP contribution is 2.42. The fourth-order valence-corrected chi connectivity index (χ4v) is 6.59. The van der Waals surface area contributed by atoms with E-state index in [-0.39, 0.29) is 30.0 Å². The number of aliphatic hydroxyl groups excluding tert-OH is 4. The number of esters is 2. The molecule has 220 valence electrons. The van der Waals surface area contributed by atoms with Crippen LogP contribution in [0.1, 0.15) is 92.9 Å². The number of hydrogen-bond donors (Lipinski definition) is 5. The molecule has 9 atom stereocenters. The zero-order chi connectivity index (χ0) is 29.1. The highest BCUT2D eigenvalue weighted by molar-refractivity contribution is 5.97. The predicted molar refractivity (Wildman–Crippen MR) is 138 cm³/mol. The van der Waals surface area contributed by atoms with Gasteiger partial charge in [-0.25, -0.2) is 9.59 Å². The Balaban J connectivity index is 2.16. The van der Waals surface area contributed by atoms with Gasteiger partial charge in [0.05, 0.1) is 0 Å². The number of carbonyl (C=O) groups is 3. The van der Waals surface area contributed by atoms with Crippen molar-refractivity contribution in [3.63, 3.8) is 0 Å². The summed E-state index contributed by atoms with van der Waals surface area (Å²) in [5.74, 6) is -2.41. The van der Waals surface area contributed by atoms with Crippen molar-refractivity contribution in [1.29, 1.82) is 0 Å². The maximum absolute atomic E-state index is 13.0. The lowest BCUT2D eigenvalue weighted by atomic mass is 9.71. The maximum atomic E-state index is 13.0. The SMILES string of the molecule is CC(C)C1CCCCC1(C)OC(=O)C(O)[C@@H](O)[C@@H](O)[C@H](O)[C@@](O)(C=O)C(=O)OC1(C)CCCCC1C(C)C. The van der Waals surface area contributed by atoms with E-state index in [2.05, 4.69) is 0 Å². The summed E-state index contributed by atoms with van der Waals surface area (Å²) in [6, 6.07) is 0. The Bertz CT molecular complexity index is 830. The molecule has 0 bridgehead atoms. The number of rotatable bonds is 11. The molecule has 2 aliphatic rings. The first kappa shape index (κ1) is 32.6. The lowest BCUT2D eigenvalue weighted by Crippen LogP contribution is -2.63. The Morgan fingerprint density at radius 1 is 0.816 bits per heavy atom. The van der Waals surface area contributed by atoms with E-state index in [0.29, 0.717) is 12.8 Å². The molecule has 2 rings (SSSR count). The van der Waals surface area contributed by atoms with Crippen molar-refractivity contribution >= 4 is 18.2 Å². The molecule has 2 saturated carbocycles. The van der Waals surface area contributed by atoms with Crippen LogP contribution in [-0.2, 0) is 23.9 Å². The molecule has 0 heterocycles. The van der Waals surface area contributed by atoms with Gasteiger partial charge in [0.25, 0.3) is 0 Å². The van der Waals surface area contributed by atoms with E-state index in [1.54, 1.807) is 13.8 Å². The second-order valence-electron chi connectivity index (χ2n) is 12.4. The van der Waals surface area contributed by atoms with Gasteiger partial charge in [0, 0.05) is 11.8 Å². The molecule has 10 heteroatoms. The average Bonchev–Trinajstić information content (AvgIpc) is 2.85. The Labute approximate surface area is 225 Å². The average molecular weight is 545 g/mol. The van der Waals surface area contributed by atoms with Crippen LogP contribution >= 0.6 is 0 Å². The summed E-state index contributed by atoms with van der Waals surface area (Å²) in [5, 5.41) is 53.0. The summed E-state index contributed by atoms with van der Waals surface area (Å²) in [6.07, 6.45) is -3.86. The molecule has 0 aromatic carbocycles. The summed E-state index contributed by atoms with van der Waals surface area (Å²) in [7, 11) is 0. The molecule has 38 heavy (non-hydrogen) atoms. The topological polar surface area (TPSA) is 171 Å². The van der Waals surface area contributed by atoms with Crippen LogP contribution in [0.4, 0.5) is 0 Å². The van der Waals surface area contributed by atoms with Crippen LogP contribution in [-0.4, -0.2) is 85.0 Å². The standard InChI is InChI=1S/C28H48O10/c1-16(2)18-11-7-9-13-26(18,5)37-24(34)22(32)20(30)21(31)23(33)28(36,15-29)25(35)38-27(6)14-10-8-12-19(27)17(3)4/h15-23,30-33,36H,7-14H2,1-6H3/t18?,19?,20-,21+,22?,23-,26?,27?,28-/m0/s1. The van der Waals surface area contributed by atoms with Gasteiger partial charge in [-0.3, -0.25) is 4.79 Å². The van der Waals surface area contributed by atoms with Crippen molar-refractivity contribution in [2.24, 2.45) is 23.7 Å². The van der Waals surface area contributed by atoms with Crippen LogP contribution in [0, 0.1) is 23.7 Å². The maximum Gasteiger partial charge on any atom is 0.349 e. The fraction of sp³-hybridized carbons (Fsp3) is 0.893. The van der Waals surface area contributed by atoms with Gasteiger partial charge in [-0.2, -0.15) is 0 Å². The third-order valence-electron chi connectivity index (χ3n) is 8.91. The van der Waals surface area contributed by atoms with Gasteiger partial charge in [-0.05, 0) is 64.2 Å². The Hall–Kier alpha value is -1.59. The van der Waals surface area contributed by atoms with E-state index in [1.165, 1.54) is 0 Å². The van der Waals surface area contributed by atoms with Crippen LogP contribution in [0.15, 0.2) is 0 Å². The van der Waals surface area contributed by atoms with Crippen LogP contribution in [0.5, 0.6) is 0 Å². The molecule has 0 amide bonds. The number of aliphatic hydroxyl groups is 5. The van der Waals surface area contributed by atoms with E-state index in [9.17, 15) is 39.9 Å². The molecule has 0 spiro atoms. The molecule has 0 aromatic rings. The molecule has 2 fully saturated rings. The van der Waals surface area contributed by atoms with Crippen LogP contribution in [0.25, 0.3) is 0 Å². The minimum atomic E-state index is -3.25. The molecule has 5 unspecified atom stereocenters. The van der Waals surface area contributed by atoms with Crippen LogP contribution < -0.4 is 0 Å². The first-order chi connectivity index (χ1) is 17.5. The zero-order valence-electron chi connectivity index (χ0n) is 23.6. The Morgan fingerprint density at radius 2 is 1.26 bits per heavy atom. The Kier molecular flexibility index (Phi) is 10.9. The normalized spacial score (nSPS) is 33.1. The van der Waals surface area contributed by atoms with Crippen molar-refractivity contribution in [3.8, 4) is 0 Å². The fourth-order valence-electron chi connectivity index (χ4n) is 6.59. The largest absolute Gasteiger partial charge is 0.457 e. The quantitative estimate of drug-likeness (QED) is 0.146. The second kappa shape index (κ2) is 12.7. The molecular weight excluding hydrogens is 496 g/mol. The van der Waals surface area contributed by atoms with Gasteiger partial charge >= 0.3 is 11.9 Å². The summed E-state index contributed by atoms with van der Waals surface area (Å²) in [5.41, 5.74) is -5.16. The van der Waals surface area contributed by atoms with Crippen LogP contribution in [0.3, 0.4) is 0 Å². The molecule has 0 saturated heterocycles. The number of carbonyl (C=O) groups excluding carboxylic acids is 3. The second-order valence-corrected chi connectivity index (χ2v) is 12.4. The summed E-state index contributed by atoms with van der Waals surface area (Å²) < 4.78 is 11.2. The van der Waals surface area contributed by atoms with Gasteiger partial charge in [0.2, 0.25) is 5.60 Å². The summed E-state index contributed by atoms with van der Waals surface area (Å²) >= 11 is 0. The van der Waals surface area contributed by atoms with Crippen LogP contribution in [0.2, 0.25) is 0 Å². The molecule has 10 nitrogen and oxygen atoms in total. The van der Waals surface area contributed by atoms with Gasteiger partial charge in [0.1, 0.15) is 29.5 Å². The minimum absolute atomic E-state index is 0.0193. The Morgan fingerprint density at radius 3 is 1.68 bits per heavy atom. The molecule has 5 N–H and O–H groups in total. The van der Waals surface area contributed by atoms with Crippen molar-refractivity contribution in [3.05, 3.63) is 0 Å². The molecule has 0 aliphatic heterocycles. The highest BCUT2D eigenvalue weighted by atomic mass is 16.6. The number of aldehydes is 1. The van der Waals surface area contributed by atoms with Gasteiger partial charge in [0.15, 0.2) is 12.4 Å². The van der Waals surface area contributed by atoms with Gasteiger partial charge in [-0.1, -0.05) is 40.5 Å². The number of hydrogen-bond acceptors (Lipinski definition) is 10. The highest BCUT2D eigenvalue weighted by Gasteiger charge is 2.55. The lowest BCUT2D eigenvalue weighted by Gasteiger charge is -2.44. The third-order valence-corrected chi connectivity index (χ3v) is 8.91. The van der Waals surface area contributed by atoms with Crippen molar-refractivity contribution in [2.75, 3.05) is 0 Å². The monoisotopic (exact) mass is 544 g/mol.